The number of amides is 1. The van der Waals surface area contributed by atoms with Crippen LogP contribution in [0.3, 0.4) is 0 Å². The summed E-state index contributed by atoms with van der Waals surface area (Å²) in [4.78, 5) is 22.8. The van der Waals surface area contributed by atoms with Crippen molar-refractivity contribution in [1.29, 1.82) is 0 Å². The summed E-state index contributed by atoms with van der Waals surface area (Å²) in [5.41, 5.74) is 0.900. The van der Waals surface area contributed by atoms with Crippen LogP contribution in [0.25, 0.3) is 0 Å². The molecular weight excluding hydrogens is 258 g/mol. The highest BCUT2D eigenvalue weighted by Gasteiger charge is 2.14. The molecular formula is C15H21NO4. The van der Waals surface area contributed by atoms with Crippen LogP contribution in [0.4, 0.5) is 0 Å². The highest BCUT2D eigenvalue weighted by molar-refractivity contribution is 5.91. The fraction of sp³-hybridized carbons (Fsp3) is 0.467. The van der Waals surface area contributed by atoms with Gasteiger partial charge in [0.05, 0.1) is 0 Å². The Kier molecular flexibility index (Phi) is 6.03. The van der Waals surface area contributed by atoms with Gasteiger partial charge in [-0.25, -0.2) is 4.79 Å². The number of hydrogen-bond donors (Lipinski definition) is 2. The molecule has 1 amide bonds. The Morgan fingerprint density at radius 3 is 2.50 bits per heavy atom. The molecule has 0 unspecified atom stereocenters. The first-order valence-corrected chi connectivity index (χ1v) is 6.74. The standard InChI is InChI=1S/C15H21NO4/c1-4-11(5-2)16-14(17)9-20-13-7-6-10(3)8-12(13)15(18)19/h6-8,11H,4-5,9H2,1-3H3,(H,16,17)(H,18,19). The fourth-order valence-corrected chi connectivity index (χ4v) is 1.84. The van der Waals surface area contributed by atoms with E-state index in [-0.39, 0.29) is 29.9 Å². The van der Waals surface area contributed by atoms with Crippen molar-refractivity contribution in [2.75, 3.05) is 6.61 Å². The molecule has 0 fully saturated rings. The molecule has 0 heterocycles. The number of benzene rings is 1. The molecule has 5 nitrogen and oxygen atoms in total. The van der Waals surface area contributed by atoms with Crippen LogP contribution in [0, 0.1) is 6.92 Å². The first-order chi connectivity index (χ1) is 9.47. The van der Waals surface area contributed by atoms with Crippen molar-refractivity contribution in [3.8, 4) is 5.75 Å². The number of rotatable bonds is 7. The van der Waals surface area contributed by atoms with Crippen molar-refractivity contribution in [1.82, 2.24) is 5.32 Å². The van der Waals surface area contributed by atoms with E-state index in [2.05, 4.69) is 5.32 Å². The number of aryl methyl sites for hydroxylation is 1. The predicted molar refractivity (Wildman–Crippen MR) is 76.1 cm³/mol. The summed E-state index contributed by atoms with van der Waals surface area (Å²) in [7, 11) is 0. The van der Waals surface area contributed by atoms with E-state index >= 15 is 0 Å². The van der Waals surface area contributed by atoms with E-state index in [4.69, 9.17) is 9.84 Å². The molecule has 2 N–H and O–H groups in total. The smallest absolute Gasteiger partial charge is 0.339 e. The van der Waals surface area contributed by atoms with E-state index in [9.17, 15) is 9.59 Å². The third-order valence-electron chi connectivity index (χ3n) is 3.07. The van der Waals surface area contributed by atoms with Crippen molar-refractivity contribution in [3.63, 3.8) is 0 Å². The number of carboxylic acids is 1. The van der Waals surface area contributed by atoms with E-state index in [1.54, 1.807) is 19.1 Å². The van der Waals surface area contributed by atoms with Gasteiger partial charge in [-0.2, -0.15) is 0 Å². The second kappa shape index (κ2) is 7.53. The number of nitrogens with one attached hydrogen (secondary N) is 1. The molecule has 0 aromatic heterocycles. The number of aromatic carboxylic acids is 1. The third-order valence-corrected chi connectivity index (χ3v) is 3.07. The van der Waals surface area contributed by atoms with Gasteiger partial charge >= 0.3 is 5.97 Å². The lowest BCUT2D eigenvalue weighted by Gasteiger charge is -2.15. The third kappa shape index (κ3) is 4.57. The number of carbonyl (C=O) groups excluding carboxylic acids is 1. The molecule has 0 bridgehead atoms. The molecule has 0 radical (unpaired) electrons. The Morgan fingerprint density at radius 1 is 1.30 bits per heavy atom. The molecule has 20 heavy (non-hydrogen) atoms. The van der Waals surface area contributed by atoms with E-state index in [0.717, 1.165) is 18.4 Å². The van der Waals surface area contributed by atoms with E-state index < -0.39 is 5.97 Å². The van der Waals surface area contributed by atoms with Gasteiger partial charge < -0.3 is 15.2 Å². The maximum Gasteiger partial charge on any atom is 0.339 e. The van der Waals surface area contributed by atoms with Gasteiger partial charge in [0.25, 0.3) is 5.91 Å². The van der Waals surface area contributed by atoms with Gasteiger partial charge in [0.2, 0.25) is 0 Å². The predicted octanol–water partition coefficient (Wildman–Crippen LogP) is 2.38. The van der Waals surface area contributed by atoms with E-state index in [0.29, 0.717) is 0 Å². The quantitative estimate of drug-likeness (QED) is 0.803. The Hall–Kier alpha value is -2.04. The average molecular weight is 279 g/mol. The Balaban J connectivity index is 2.66. The van der Waals surface area contributed by atoms with Crippen LogP contribution in [0.2, 0.25) is 0 Å². The number of carbonyl (C=O) groups is 2. The summed E-state index contributed by atoms with van der Waals surface area (Å²) in [6.07, 6.45) is 1.71. The zero-order valence-electron chi connectivity index (χ0n) is 12.1. The summed E-state index contributed by atoms with van der Waals surface area (Å²) >= 11 is 0. The fourth-order valence-electron chi connectivity index (χ4n) is 1.84. The first-order valence-electron chi connectivity index (χ1n) is 6.74. The largest absolute Gasteiger partial charge is 0.483 e. The van der Waals surface area contributed by atoms with Gasteiger partial charge in [0.1, 0.15) is 11.3 Å². The first kappa shape index (κ1) is 16.0. The minimum atomic E-state index is -1.07. The lowest BCUT2D eigenvalue weighted by Crippen LogP contribution is -2.37. The van der Waals surface area contributed by atoms with Crippen molar-refractivity contribution in [2.45, 2.75) is 39.7 Å². The lowest BCUT2D eigenvalue weighted by atomic mass is 10.1. The highest BCUT2D eigenvalue weighted by Crippen LogP contribution is 2.19. The molecule has 0 spiro atoms. The van der Waals surface area contributed by atoms with Gasteiger partial charge in [-0.05, 0) is 31.9 Å². The molecule has 0 aliphatic rings. The summed E-state index contributed by atoms with van der Waals surface area (Å²) < 4.78 is 5.31. The minimum absolute atomic E-state index is 0.0698. The van der Waals surface area contributed by atoms with Crippen molar-refractivity contribution in [3.05, 3.63) is 29.3 Å². The molecule has 0 atom stereocenters. The average Bonchev–Trinajstić information content (AvgIpc) is 2.43. The summed E-state index contributed by atoms with van der Waals surface area (Å²) in [6, 6.07) is 4.98. The molecule has 1 rings (SSSR count). The highest BCUT2D eigenvalue weighted by atomic mass is 16.5. The zero-order chi connectivity index (χ0) is 15.1. The molecule has 0 saturated carbocycles. The molecule has 1 aromatic rings. The molecule has 110 valence electrons. The second-order valence-corrected chi connectivity index (χ2v) is 4.67. The Morgan fingerprint density at radius 2 is 1.95 bits per heavy atom. The van der Waals surface area contributed by atoms with Crippen molar-refractivity contribution >= 4 is 11.9 Å². The van der Waals surface area contributed by atoms with Crippen molar-refractivity contribution < 1.29 is 19.4 Å². The lowest BCUT2D eigenvalue weighted by molar-refractivity contribution is -0.123. The van der Waals surface area contributed by atoms with Crippen LogP contribution < -0.4 is 10.1 Å². The van der Waals surface area contributed by atoms with Crippen molar-refractivity contribution in [2.24, 2.45) is 0 Å². The SMILES string of the molecule is CCC(CC)NC(=O)COc1ccc(C)cc1C(=O)O. The molecule has 5 heteroatoms. The second-order valence-electron chi connectivity index (χ2n) is 4.67. The number of ether oxygens (including phenoxy) is 1. The topological polar surface area (TPSA) is 75.6 Å². The van der Waals surface area contributed by atoms with Crippen LogP contribution in [0.1, 0.15) is 42.6 Å². The Labute approximate surface area is 118 Å². The Bertz CT molecular complexity index is 481. The van der Waals surface area contributed by atoms with Gasteiger partial charge in [0.15, 0.2) is 6.61 Å². The number of hydrogen-bond acceptors (Lipinski definition) is 3. The summed E-state index contributed by atoms with van der Waals surface area (Å²) in [6.45, 7) is 5.62. The van der Waals surface area contributed by atoms with E-state index in [1.807, 2.05) is 13.8 Å². The van der Waals surface area contributed by atoms with Crippen LogP contribution >= 0.6 is 0 Å². The maximum absolute atomic E-state index is 11.7. The van der Waals surface area contributed by atoms with Gasteiger partial charge in [-0.15, -0.1) is 0 Å². The minimum Gasteiger partial charge on any atom is -0.483 e. The van der Waals surface area contributed by atoms with Gasteiger partial charge in [-0.3, -0.25) is 4.79 Å². The maximum atomic E-state index is 11.7. The van der Waals surface area contributed by atoms with E-state index in [1.165, 1.54) is 6.07 Å². The van der Waals surface area contributed by atoms with Crippen LogP contribution in [-0.2, 0) is 4.79 Å². The zero-order valence-corrected chi connectivity index (χ0v) is 12.1. The van der Waals surface area contributed by atoms with Gasteiger partial charge in [0, 0.05) is 6.04 Å². The van der Waals surface area contributed by atoms with Gasteiger partial charge in [-0.1, -0.05) is 25.5 Å². The normalized spacial score (nSPS) is 10.4. The number of carboxylic acid groups (broad SMARTS) is 1. The van der Waals surface area contributed by atoms with Crippen LogP contribution in [0.15, 0.2) is 18.2 Å². The van der Waals surface area contributed by atoms with Crippen LogP contribution in [-0.4, -0.2) is 29.6 Å². The molecule has 0 saturated heterocycles. The molecule has 0 aliphatic heterocycles. The molecule has 0 aliphatic carbocycles. The van der Waals surface area contributed by atoms with Crippen LogP contribution in [0.5, 0.6) is 5.75 Å². The summed E-state index contributed by atoms with van der Waals surface area (Å²) in [5, 5.41) is 11.9. The monoisotopic (exact) mass is 279 g/mol. The molecule has 1 aromatic carbocycles. The summed E-state index contributed by atoms with van der Waals surface area (Å²) in [5.74, 6) is -1.09.